The van der Waals surface area contributed by atoms with Gasteiger partial charge < -0.3 is 4.74 Å². The van der Waals surface area contributed by atoms with Crippen LogP contribution in [0.5, 0.6) is 0 Å². The minimum absolute atomic E-state index is 0.611. The molecule has 0 aromatic rings. The van der Waals surface area contributed by atoms with Crippen molar-refractivity contribution < 1.29 is 4.74 Å². The first-order chi connectivity index (χ1) is 4.84. The number of hydrogen-bond donors (Lipinski definition) is 0. The predicted octanol–water partition coefficient (Wildman–Crippen LogP) is 1.24. The highest BCUT2D eigenvalue weighted by atomic mass is 16.5. The average molecular weight is 141 g/mol. The maximum absolute atomic E-state index is 4.84. The van der Waals surface area contributed by atoms with Crippen LogP contribution >= 0.6 is 0 Å². The molecule has 0 aliphatic carbocycles. The lowest BCUT2D eigenvalue weighted by molar-refractivity contribution is 0.318. The van der Waals surface area contributed by atoms with Crippen LogP contribution in [-0.2, 0) is 4.74 Å². The number of rotatable bonds is 2. The molecule has 58 valence electrons. The van der Waals surface area contributed by atoms with Crippen LogP contribution in [0, 0.1) is 0 Å². The molecule has 1 aliphatic rings. The molecule has 10 heavy (non-hydrogen) atoms. The fraction of sp³-hybridized carbons (Fsp3) is 0.750. The second-order valence-corrected chi connectivity index (χ2v) is 2.75. The highest BCUT2D eigenvalue weighted by Crippen LogP contribution is 2.15. The molecule has 1 fully saturated rings. The average Bonchev–Trinajstić information content (AvgIpc) is 2.31. The molecule has 0 radical (unpaired) electrons. The Morgan fingerprint density at radius 2 is 2.40 bits per heavy atom. The van der Waals surface area contributed by atoms with E-state index in [-0.39, 0.29) is 0 Å². The van der Waals surface area contributed by atoms with Gasteiger partial charge in [0.05, 0.1) is 13.4 Å². The Labute approximate surface area is 62.5 Å². The van der Waals surface area contributed by atoms with Gasteiger partial charge in [0.2, 0.25) is 0 Å². The Kier molecular flexibility index (Phi) is 2.75. The van der Waals surface area contributed by atoms with Gasteiger partial charge in [0.25, 0.3) is 0 Å². The van der Waals surface area contributed by atoms with Gasteiger partial charge in [0, 0.05) is 6.04 Å². The van der Waals surface area contributed by atoms with Crippen LogP contribution < -0.4 is 0 Å². The SMILES string of the molecule is CO/C=C/C1CCCN1C. The van der Waals surface area contributed by atoms with Gasteiger partial charge in [-0.3, -0.25) is 4.90 Å². The van der Waals surface area contributed by atoms with E-state index in [4.69, 9.17) is 4.74 Å². The summed E-state index contributed by atoms with van der Waals surface area (Å²) in [6.07, 6.45) is 6.48. The van der Waals surface area contributed by atoms with Crippen LogP contribution in [0.3, 0.4) is 0 Å². The molecule has 1 heterocycles. The molecule has 0 bridgehead atoms. The molecular weight excluding hydrogens is 126 g/mol. The molecule has 1 atom stereocenters. The predicted molar refractivity (Wildman–Crippen MR) is 41.8 cm³/mol. The first kappa shape index (κ1) is 7.61. The third-order valence-electron chi connectivity index (χ3n) is 2.01. The third-order valence-corrected chi connectivity index (χ3v) is 2.01. The zero-order chi connectivity index (χ0) is 7.40. The van der Waals surface area contributed by atoms with Crippen LogP contribution in [0.4, 0.5) is 0 Å². The quantitative estimate of drug-likeness (QED) is 0.536. The smallest absolute Gasteiger partial charge is 0.0800 e. The molecule has 2 heteroatoms. The topological polar surface area (TPSA) is 12.5 Å². The summed E-state index contributed by atoms with van der Waals surface area (Å²) in [4.78, 5) is 2.34. The van der Waals surface area contributed by atoms with E-state index in [1.165, 1.54) is 19.4 Å². The van der Waals surface area contributed by atoms with Crippen molar-refractivity contribution in [1.82, 2.24) is 4.90 Å². The Morgan fingerprint density at radius 3 is 2.90 bits per heavy atom. The van der Waals surface area contributed by atoms with Gasteiger partial charge in [-0.05, 0) is 32.5 Å². The van der Waals surface area contributed by atoms with Crippen molar-refractivity contribution in [2.24, 2.45) is 0 Å². The number of likely N-dealkylation sites (N-methyl/N-ethyl adjacent to an activating group) is 1. The van der Waals surface area contributed by atoms with Gasteiger partial charge >= 0.3 is 0 Å². The monoisotopic (exact) mass is 141 g/mol. The lowest BCUT2D eigenvalue weighted by Gasteiger charge is -2.14. The summed E-state index contributed by atoms with van der Waals surface area (Å²) in [6, 6.07) is 0.611. The second kappa shape index (κ2) is 3.62. The Hall–Kier alpha value is -0.500. The van der Waals surface area contributed by atoms with Crippen molar-refractivity contribution in [3.05, 3.63) is 12.3 Å². The highest BCUT2D eigenvalue weighted by molar-refractivity contribution is 4.93. The fourth-order valence-electron chi connectivity index (χ4n) is 1.35. The minimum atomic E-state index is 0.611. The van der Waals surface area contributed by atoms with E-state index in [1.807, 2.05) is 0 Å². The zero-order valence-corrected chi connectivity index (χ0v) is 6.71. The van der Waals surface area contributed by atoms with E-state index >= 15 is 0 Å². The van der Waals surface area contributed by atoms with Crippen molar-refractivity contribution in [3.63, 3.8) is 0 Å². The van der Waals surface area contributed by atoms with Crippen molar-refractivity contribution in [3.8, 4) is 0 Å². The largest absolute Gasteiger partial charge is 0.505 e. The maximum atomic E-state index is 4.84. The molecule has 1 saturated heterocycles. The van der Waals surface area contributed by atoms with Crippen LogP contribution in [0.1, 0.15) is 12.8 Å². The molecule has 0 spiro atoms. The first-order valence-electron chi connectivity index (χ1n) is 3.74. The summed E-state index contributed by atoms with van der Waals surface area (Å²) in [5, 5.41) is 0. The fourth-order valence-corrected chi connectivity index (χ4v) is 1.35. The Balaban J connectivity index is 2.33. The number of methoxy groups -OCH3 is 1. The van der Waals surface area contributed by atoms with Crippen LogP contribution in [-0.4, -0.2) is 31.6 Å². The molecular formula is C8H15NO. The highest BCUT2D eigenvalue weighted by Gasteiger charge is 2.17. The molecule has 0 aromatic heterocycles. The number of ether oxygens (including phenoxy) is 1. The zero-order valence-electron chi connectivity index (χ0n) is 6.71. The molecule has 0 N–H and O–H groups in total. The van der Waals surface area contributed by atoms with Gasteiger partial charge in [-0.25, -0.2) is 0 Å². The summed E-state index contributed by atoms with van der Waals surface area (Å²) < 4.78 is 4.84. The lowest BCUT2D eigenvalue weighted by Crippen LogP contribution is -2.22. The van der Waals surface area contributed by atoms with E-state index in [0.29, 0.717) is 6.04 Å². The van der Waals surface area contributed by atoms with Gasteiger partial charge in [-0.1, -0.05) is 0 Å². The van der Waals surface area contributed by atoms with E-state index in [2.05, 4.69) is 18.0 Å². The summed E-state index contributed by atoms with van der Waals surface area (Å²) in [7, 11) is 3.84. The van der Waals surface area contributed by atoms with E-state index in [0.717, 1.165) is 0 Å². The third kappa shape index (κ3) is 1.74. The summed E-state index contributed by atoms with van der Waals surface area (Å²) in [5.41, 5.74) is 0. The molecule has 2 nitrogen and oxygen atoms in total. The van der Waals surface area contributed by atoms with Crippen LogP contribution in [0.2, 0.25) is 0 Å². The Bertz CT molecular complexity index is 122. The van der Waals surface area contributed by atoms with Gasteiger partial charge in [-0.15, -0.1) is 0 Å². The molecule has 1 rings (SSSR count). The second-order valence-electron chi connectivity index (χ2n) is 2.75. The van der Waals surface area contributed by atoms with Crippen LogP contribution in [0.15, 0.2) is 12.3 Å². The maximum Gasteiger partial charge on any atom is 0.0800 e. The standard InChI is InChI=1S/C8H15NO/c1-9-6-3-4-8(9)5-7-10-2/h5,7-8H,3-4,6H2,1-2H3/b7-5+. The van der Waals surface area contributed by atoms with E-state index < -0.39 is 0 Å². The Morgan fingerprint density at radius 1 is 1.60 bits per heavy atom. The normalized spacial score (nSPS) is 28.0. The summed E-state index contributed by atoms with van der Waals surface area (Å²) in [5.74, 6) is 0. The molecule has 0 amide bonds. The number of likely N-dealkylation sites (tertiary alicyclic amines) is 1. The van der Waals surface area contributed by atoms with Crippen molar-refractivity contribution in [2.75, 3.05) is 20.7 Å². The minimum Gasteiger partial charge on any atom is -0.505 e. The van der Waals surface area contributed by atoms with Crippen LogP contribution in [0.25, 0.3) is 0 Å². The van der Waals surface area contributed by atoms with E-state index in [9.17, 15) is 0 Å². The van der Waals surface area contributed by atoms with Gasteiger partial charge in [-0.2, -0.15) is 0 Å². The molecule has 1 unspecified atom stereocenters. The van der Waals surface area contributed by atoms with Crippen molar-refractivity contribution in [1.29, 1.82) is 0 Å². The number of nitrogens with zero attached hydrogens (tertiary/aromatic N) is 1. The summed E-state index contributed by atoms with van der Waals surface area (Å²) in [6.45, 7) is 1.22. The van der Waals surface area contributed by atoms with E-state index in [1.54, 1.807) is 13.4 Å². The lowest BCUT2D eigenvalue weighted by atomic mass is 10.2. The summed E-state index contributed by atoms with van der Waals surface area (Å²) >= 11 is 0. The molecule has 1 aliphatic heterocycles. The van der Waals surface area contributed by atoms with Gasteiger partial charge in [0.1, 0.15) is 0 Å². The first-order valence-corrected chi connectivity index (χ1v) is 3.74. The van der Waals surface area contributed by atoms with Crippen molar-refractivity contribution >= 4 is 0 Å². The van der Waals surface area contributed by atoms with Crippen molar-refractivity contribution in [2.45, 2.75) is 18.9 Å². The molecule has 0 saturated carbocycles. The number of hydrogen-bond acceptors (Lipinski definition) is 2. The van der Waals surface area contributed by atoms with Gasteiger partial charge in [0.15, 0.2) is 0 Å². The molecule has 0 aromatic carbocycles.